The van der Waals surface area contributed by atoms with Crippen LogP contribution in [-0.2, 0) is 9.63 Å². The molecule has 7 heteroatoms. The summed E-state index contributed by atoms with van der Waals surface area (Å²) in [5.41, 5.74) is 0.963. The van der Waals surface area contributed by atoms with Gasteiger partial charge in [-0.2, -0.15) is 0 Å². The van der Waals surface area contributed by atoms with Crippen LogP contribution in [0.3, 0.4) is 0 Å². The molecule has 2 aliphatic rings. The molecule has 1 aliphatic carbocycles. The molecule has 1 aliphatic heterocycles. The molecule has 19 heavy (non-hydrogen) atoms. The van der Waals surface area contributed by atoms with Crippen molar-refractivity contribution in [3.05, 3.63) is 0 Å². The Bertz CT molecular complexity index is 369. The largest absolute Gasteiger partial charge is 0.475 e. The first kappa shape index (κ1) is 14.3. The van der Waals surface area contributed by atoms with Gasteiger partial charge in [-0.1, -0.05) is 19.0 Å². The molecule has 0 bridgehead atoms. The normalized spacial score (nSPS) is 23.8. The van der Waals surface area contributed by atoms with Crippen LogP contribution in [-0.4, -0.2) is 40.8 Å². The van der Waals surface area contributed by atoms with E-state index < -0.39 is 19.2 Å². The Hall–Kier alpha value is -1.08. The molecular formula is C12H21BN2O4. The Morgan fingerprint density at radius 2 is 2.21 bits per heavy atom. The number of rotatable bonds is 6. The molecule has 0 aromatic heterocycles. The van der Waals surface area contributed by atoms with E-state index >= 15 is 0 Å². The highest BCUT2D eigenvalue weighted by Gasteiger charge is 2.38. The Kier molecular flexibility index (Phi) is 4.47. The van der Waals surface area contributed by atoms with Crippen LogP contribution in [0.15, 0.2) is 5.16 Å². The molecule has 0 saturated heterocycles. The molecular weight excluding hydrogens is 247 g/mol. The molecule has 1 unspecified atom stereocenters. The van der Waals surface area contributed by atoms with Gasteiger partial charge in [0.2, 0.25) is 6.10 Å². The standard InChI is InChI=1S/C12H21BN2O4/c1-7(2)5-11(13(17)18)14-12(16)10-6-9(15-19-10)8-3-4-8/h7-8,10-11,17-18H,3-6H2,1-2H3,(H,14,16)/t10?,11-/m0/s1. The van der Waals surface area contributed by atoms with Crippen molar-refractivity contribution in [1.82, 2.24) is 5.32 Å². The fourth-order valence-electron chi connectivity index (χ4n) is 2.23. The molecule has 106 valence electrons. The van der Waals surface area contributed by atoms with Crippen LogP contribution in [0.4, 0.5) is 0 Å². The quantitative estimate of drug-likeness (QED) is 0.595. The van der Waals surface area contributed by atoms with E-state index in [2.05, 4.69) is 10.5 Å². The lowest BCUT2D eigenvalue weighted by molar-refractivity contribution is -0.131. The third kappa shape index (κ3) is 3.94. The molecule has 0 spiro atoms. The molecule has 0 radical (unpaired) electrons. The Balaban J connectivity index is 1.82. The Morgan fingerprint density at radius 3 is 2.74 bits per heavy atom. The first-order chi connectivity index (χ1) is 8.97. The van der Waals surface area contributed by atoms with E-state index in [1.807, 2.05) is 13.8 Å². The second-order valence-corrected chi connectivity index (χ2v) is 5.81. The van der Waals surface area contributed by atoms with Gasteiger partial charge in [-0.05, 0) is 25.2 Å². The smallest absolute Gasteiger partial charge is 0.426 e. The van der Waals surface area contributed by atoms with E-state index in [1.165, 1.54) is 0 Å². The lowest BCUT2D eigenvalue weighted by Gasteiger charge is -2.20. The minimum absolute atomic E-state index is 0.259. The van der Waals surface area contributed by atoms with Crippen molar-refractivity contribution >= 4 is 18.7 Å². The van der Waals surface area contributed by atoms with Gasteiger partial charge < -0.3 is 20.2 Å². The van der Waals surface area contributed by atoms with Crippen molar-refractivity contribution in [1.29, 1.82) is 0 Å². The van der Waals surface area contributed by atoms with Gasteiger partial charge in [0.05, 0.1) is 11.7 Å². The Labute approximate surface area is 113 Å². The third-order valence-corrected chi connectivity index (χ3v) is 3.45. The number of oxime groups is 1. The molecule has 6 nitrogen and oxygen atoms in total. The number of carbonyl (C=O) groups is 1. The van der Waals surface area contributed by atoms with E-state index in [0.717, 1.165) is 18.6 Å². The molecule has 1 heterocycles. The lowest BCUT2D eigenvalue weighted by Crippen LogP contribution is -2.50. The fraction of sp³-hybridized carbons (Fsp3) is 0.833. The molecule has 2 rings (SSSR count). The number of hydrogen-bond acceptors (Lipinski definition) is 5. The van der Waals surface area contributed by atoms with Crippen LogP contribution < -0.4 is 5.32 Å². The maximum absolute atomic E-state index is 12.0. The predicted octanol–water partition coefficient (Wildman–Crippen LogP) is 0.0842. The van der Waals surface area contributed by atoms with Crippen molar-refractivity contribution in [2.45, 2.75) is 51.6 Å². The average molecular weight is 268 g/mol. The number of nitrogens with zero attached hydrogens (tertiary/aromatic N) is 1. The minimum atomic E-state index is -1.56. The van der Waals surface area contributed by atoms with Crippen molar-refractivity contribution in [2.75, 3.05) is 0 Å². The predicted molar refractivity (Wildman–Crippen MR) is 71.2 cm³/mol. The van der Waals surface area contributed by atoms with E-state index in [4.69, 9.17) is 4.84 Å². The summed E-state index contributed by atoms with van der Waals surface area (Å²) in [7, 11) is -1.56. The zero-order valence-corrected chi connectivity index (χ0v) is 11.4. The fourth-order valence-corrected chi connectivity index (χ4v) is 2.23. The maximum Gasteiger partial charge on any atom is 0.475 e. The van der Waals surface area contributed by atoms with Gasteiger partial charge in [0.1, 0.15) is 0 Å². The van der Waals surface area contributed by atoms with E-state index in [-0.39, 0.29) is 11.8 Å². The topological polar surface area (TPSA) is 91.2 Å². The molecule has 1 saturated carbocycles. The lowest BCUT2D eigenvalue weighted by atomic mass is 9.75. The first-order valence-electron chi connectivity index (χ1n) is 6.86. The van der Waals surface area contributed by atoms with Crippen molar-refractivity contribution in [3.8, 4) is 0 Å². The second kappa shape index (κ2) is 5.92. The molecule has 0 aromatic rings. The van der Waals surface area contributed by atoms with Crippen LogP contribution in [0.1, 0.15) is 39.5 Å². The summed E-state index contributed by atoms with van der Waals surface area (Å²) in [6, 6.07) is 0. The Morgan fingerprint density at radius 1 is 1.53 bits per heavy atom. The van der Waals surface area contributed by atoms with Crippen LogP contribution in [0.25, 0.3) is 0 Å². The zero-order chi connectivity index (χ0) is 14.0. The van der Waals surface area contributed by atoms with Crippen LogP contribution >= 0.6 is 0 Å². The number of carbonyl (C=O) groups excluding carboxylic acids is 1. The van der Waals surface area contributed by atoms with Crippen molar-refractivity contribution in [3.63, 3.8) is 0 Å². The summed E-state index contributed by atoms with van der Waals surface area (Å²) in [4.78, 5) is 17.1. The average Bonchev–Trinajstić information content (AvgIpc) is 3.05. The summed E-state index contributed by atoms with van der Waals surface area (Å²) >= 11 is 0. The van der Waals surface area contributed by atoms with Gasteiger partial charge in [0, 0.05) is 12.3 Å². The number of amides is 1. The summed E-state index contributed by atoms with van der Waals surface area (Å²) in [6.07, 6.45) is 2.66. The van der Waals surface area contributed by atoms with Crippen LogP contribution in [0.2, 0.25) is 0 Å². The summed E-state index contributed by atoms with van der Waals surface area (Å²) in [6.45, 7) is 3.92. The van der Waals surface area contributed by atoms with Gasteiger partial charge in [-0.15, -0.1) is 0 Å². The van der Waals surface area contributed by atoms with Gasteiger partial charge >= 0.3 is 7.12 Å². The summed E-state index contributed by atoms with van der Waals surface area (Å²) < 4.78 is 0. The summed E-state index contributed by atoms with van der Waals surface area (Å²) in [5, 5.41) is 25.1. The van der Waals surface area contributed by atoms with Gasteiger partial charge in [0.25, 0.3) is 5.91 Å². The van der Waals surface area contributed by atoms with Crippen LogP contribution in [0.5, 0.6) is 0 Å². The highest BCUT2D eigenvalue weighted by Crippen LogP contribution is 2.34. The first-order valence-corrected chi connectivity index (χ1v) is 6.86. The minimum Gasteiger partial charge on any atom is -0.426 e. The van der Waals surface area contributed by atoms with Gasteiger partial charge in [-0.25, -0.2) is 0 Å². The van der Waals surface area contributed by atoms with Gasteiger partial charge in [-0.3, -0.25) is 4.79 Å². The highest BCUT2D eigenvalue weighted by atomic mass is 16.6. The molecule has 3 N–H and O–H groups in total. The maximum atomic E-state index is 12.0. The monoisotopic (exact) mass is 268 g/mol. The third-order valence-electron chi connectivity index (χ3n) is 3.45. The van der Waals surface area contributed by atoms with E-state index in [0.29, 0.717) is 18.8 Å². The molecule has 0 aromatic carbocycles. The van der Waals surface area contributed by atoms with Crippen molar-refractivity contribution < 1.29 is 19.7 Å². The van der Waals surface area contributed by atoms with Crippen molar-refractivity contribution in [2.24, 2.45) is 17.0 Å². The van der Waals surface area contributed by atoms with Gasteiger partial charge in [0.15, 0.2) is 0 Å². The molecule has 1 amide bonds. The second-order valence-electron chi connectivity index (χ2n) is 5.81. The molecule has 2 atom stereocenters. The van der Waals surface area contributed by atoms with Crippen LogP contribution in [0, 0.1) is 11.8 Å². The van der Waals surface area contributed by atoms with E-state index in [1.54, 1.807) is 0 Å². The highest BCUT2D eigenvalue weighted by molar-refractivity contribution is 6.43. The zero-order valence-electron chi connectivity index (χ0n) is 11.4. The summed E-state index contributed by atoms with van der Waals surface area (Å²) in [5.74, 6) is -0.234. The number of nitrogens with one attached hydrogen (secondary N) is 1. The van der Waals surface area contributed by atoms with E-state index in [9.17, 15) is 14.8 Å². The SMILES string of the molecule is CC(C)C[C@H](NC(=O)C1CC(C2CC2)=NO1)B(O)O. The number of hydrogen-bond donors (Lipinski definition) is 3. The molecule has 1 fully saturated rings.